The topological polar surface area (TPSA) is 53.1 Å². The van der Waals surface area contributed by atoms with E-state index in [0.717, 1.165) is 21.5 Å². The van der Waals surface area contributed by atoms with Gasteiger partial charge in [0.15, 0.2) is 0 Å². The minimum absolute atomic E-state index is 0.0594. The maximum absolute atomic E-state index is 6.00. The molecule has 0 bridgehead atoms. The van der Waals surface area contributed by atoms with Crippen LogP contribution in [0.25, 0.3) is 0 Å². The first kappa shape index (κ1) is 13.6. The van der Waals surface area contributed by atoms with Gasteiger partial charge in [-0.1, -0.05) is 15.9 Å². The summed E-state index contributed by atoms with van der Waals surface area (Å²) in [7, 11) is 0. The quantitative estimate of drug-likeness (QED) is 0.908. The van der Waals surface area contributed by atoms with E-state index < -0.39 is 0 Å². The highest BCUT2D eigenvalue weighted by atomic mass is 79.9. The molecule has 1 atom stereocenters. The summed E-state index contributed by atoms with van der Waals surface area (Å²) in [5.74, 6) is 0.840. The zero-order valence-electron chi connectivity index (χ0n) is 11.4. The zero-order chi connectivity index (χ0) is 14.1. The van der Waals surface area contributed by atoms with Crippen LogP contribution in [0.15, 0.2) is 35.2 Å². The molecule has 20 heavy (non-hydrogen) atoms. The summed E-state index contributed by atoms with van der Waals surface area (Å²) in [5.41, 5.74) is 8.13. The Morgan fingerprint density at radius 3 is 3.00 bits per heavy atom. The summed E-state index contributed by atoms with van der Waals surface area (Å²) in [6.07, 6.45) is 6.26. The molecule has 5 heteroatoms. The van der Waals surface area contributed by atoms with Gasteiger partial charge in [0.1, 0.15) is 12.4 Å². The highest BCUT2D eigenvalue weighted by Crippen LogP contribution is 2.36. The van der Waals surface area contributed by atoms with Crippen LogP contribution >= 0.6 is 15.9 Å². The van der Waals surface area contributed by atoms with Gasteiger partial charge in [-0.25, -0.2) is 4.98 Å². The Labute approximate surface area is 127 Å². The molecule has 1 fully saturated rings. The van der Waals surface area contributed by atoms with Gasteiger partial charge in [0.05, 0.1) is 18.2 Å². The molecule has 2 aromatic rings. The van der Waals surface area contributed by atoms with Crippen LogP contribution in [0, 0.1) is 0 Å². The van der Waals surface area contributed by atoms with Crippen molar-refractivity contribution in [3.8, 4) is 5.75 Å². The fourth-order valence-corrected chi connectivity index (χ4v) is 2.66. The Bertz CT molecular complexity index is 605. The van der Waals surface area contributed by atoms with E-state index in [1.54, 1.807) is 0 Å². The molecular weight excluding hydrogens is 318 g/mol. The normalized spacial score (nSPS) is 16.1. The van der Waals surface area contributed by atoms with E-state index in [1.165, 1.54) is 12.8 Å². The van der Waals surface area contributed by atoms with E-state index >= 15 is 0 Å². The van der Waals surface area contributed by atoms with Gasteiger partial charge in [0.25, 0.3) is 0 Å². The van der Waals surface area contributed by atoms with E-state index in [4.69, 9.17) is 10.5 Å². The molecule has 3 rings (SSSR count). The Morgan fingerprint density at radius 2 is 2.30 bits per heavy atom. The summed E-state index contributed by atoms with van der Waals surface area (Å²) in [4.78, 5) is 4.22. The predicted octanol–water partition coefficient (Wildman–Crippen LogP) is 3.58. The van der Waals surface area contributed by atoms with Gasteiger partial charge in [-0.05, 0) is 38.0 Å². The lowest BCUT2D eigenvalue weighted by atomic mass is 10.1. The van der Waals surface area contributed by atoms with Crippen molar-refractivity contribution >= 4 is 15.9 Å². The smallest absolute Gasteiger partial charge is 0.130 e. The van der Waals surface area contributed by atoms with Gasteiger partial charge < -0.3 is 15.0 Å². The number of hydrogen-bond donors (Lipinski definition) is 1. The lowest BCUT2D eigenvalue weighted by molar-refractivity contribution is 0.290. The number of aromatic nitrogens is 2. The van der Waals surface area contributed by atoms with Crippen LogP contribution in [0.5, 0.6) is 5.75 Å². The monoisotopic (exact) mass is 335 g/mol. The molecular formula is C15H18BrN3O. The third-order valence-corrected chi connectivity index (χ3v) is 4.02. The summed E-state index contributed by atoms with van der Waals surface area (Å²) in [6, 6.07) is 6.50. The number of halogens is 1. The molecule has 0 saturated heterocycles. The third kappa shape index (κ3) is 2.88. The second-order valence-electron chi connectivity index (χ2n) is 5.28. The summed E-state index contributed by atoms with van der Waals surface area (Å²) < 4.78 is 9.18. The first-order valence-electron chi connectivity index (χ1n) is 6.83. The molecule has 1 heterocycles. The summed E-state index contributed by atoms with van der Waals surface area (Å²) in [6.45, 7) is 2.49. The number of ether oxygens (including phenoxy) is 1. The SMILES string of the molecule is C[C@@H](N)c1cc(Br)ccc1OCc1cncn1C1CC1. The number of nitrogens with zero attached hydrogens (tertiary/aromatic N) is 2. The average molecular weight is 336 g/mol. The van der Waals surface area contributed by atoms with Crippen LogP contribution in [0.2, 0.25) is 0 Å². The largest absolute Gasteiger partial charge is 0.487 e. The Kier molecular flexibility index (Phi) is 3.81. The molecule has 0 radical (unpaired) electrons. The van der Waals surface area contributed by atoms with Crippen LogP contribution in [0.4, 0.5) is 0 Å². The Morgan fingerprint density at radius 1 is 1.50 bits per heavy atom. The molecule has 1 aromatic carbocycles. The van der Waals surface area contributed by atoms with E-state index in [9.17, 15) is 0 Å². The van der Waals surface area contributed by atoms with E-state index in [2.05, 4.69) is 25.5 Å². The van der Waals surface area contributed by atoms with E-state index in [0.29, 0.717) is 12.6 Å². The average Bonchev–Trinajstić information content (AvgIpc) is 3.16. The minimum Gasteiger partial charge on any atom is -0.487 e. The van der Waals surface area contributed by atoms with Gasteiger partial charge in [0.2, 0.25) is 0 Å². The fourth-order valence-electron chi connectivity index (χ4n) is 2.28. The highest BCUT2D eigenvalue weighted by Gasteiger charge is 2.25. The van der Waals surface area contributed by atoms with Crippen molar-refractivity contribution in [3.05, 3.63) is 46.5 Å². The van der Waals surface area contributed by atoms with Gasteiger partial charge in [-0.3, -0.25) is 0 Å². The minimum atomic E-state index is -0.0594. The van der Waals surface area contributed by atoms with Crippen molar-refractivity contribution in [1.82, 2.24) is 9.55 Å². The van der Waals surface area contributed by atoms with Crippen LogP contribution in [0.1, 0.15) is 43.1 Å². The Hall–Kier alpha value is -1.33. The molecule has 1 aliphatic rings. The predicted molar refractivity (Wildman–Crippen MR) is 81.6 cm³/mol. The van der Waals surface area contributed by atoms with Gasteiger partial charge in [-0.15, -0.1) is 0 Å². The van der Waals surface area contributed by atoms with Crippen molar-refractivity contribution in [2.24, 2.45) is 5.73 Å². The number of hydrogen-bond acceptors (Lipinski definition) is 3. The molecule has 1 saturated carbocycles. The Balaban J connectivity index is 1.76. The van der Waals surface area contributed by atoms with Gasteiger partial charge >= 0.3 is 0 Å². The van der Waals surface area contributed by atoms with Gasteiger partial charge in [0, 0.05) is 22.1 Å². The first-order valence-corrected chi connectivity index (χ1v) is 7.63. The fraction of sp³-hybridized carbons (Fsp3) is 0.400. The number of imidazole rings is 1. The molecule has 4 nitrogen and oxygen atoms in total. The second kappa shape index (κ2) is 5.58. The number of benzene rings is 1. The maximum atomic E-state index is 6.00. The standard InChI is InChI=1S/C15H18BrN3O/c1-10(17)14-6-11(16)2-5-15(14)20-8-13-7-18-9-19(13)12-3-4-12/h2,5-7,9-10,12H,3-4,8,17H2,1H3/t10-/m1/s1. The molecule has 0 amide bonds. The zero-order valence-corrected chi connectivity index (χ0v) is 13.0. The molecule has 106 valence electrons. The van der Waals surface area contributed by atoms with Crippen molar-refractivity contribution in [1.29, 1.82) is 0 Å². The molecule has 0 aliphatic heterocycles. The first-order chi connectivity index (χ1) is 9.65. The third-order valence-electron chi connectivity index (χ3n) is 3.52. The van der Waals surface area contributed by atoms with E-state index in [1.807, 2.05) is 37.6 Å². The molecule has 1 aromatic heterocycles. The highest BCUT2D eigenvalue weighted by molar-refractivity contribution is 9.10. The lowest BCUT2D eigenvalue weighted by Crippen LogP contribution is -2.09. The summed E-state index contributed by atoms with van der Waals surface area (Å²) in [5, 5.41) is 0. The lowest BCUT2D eigenvalue weighted by Gasteiger charge is -2.15. The molecule has 1 aliphatic carbocycles. The second-order valence-corrected chi connectivity index (χ2v) is 6.20. The van der Waals surface area contributed by atoms with Crippen molar-refractivity contribution in [2.45, 2.75) is 38.5 Å². The molecule has 0 spiro atoms. The summed E-state index contributed by atoms with van der Waals surface area (Å²) >= 11 is 3.47. The van der Waals surface area contributed by atoms with Gasteiger partial charge in [-0.2, -0.15) is 0 Å². The number of nitrogens with two attached hydrogens (primary N) is 1. The maximum Gasteiger partial charge on any atom is 0.130 e. The van der Waals surface area contributed by atoms with E-state index in [-0.39, 0.29) is 6.04 Å². The van der Waals surface area contributed by atoms with Crippen molar-refractivity contribution in [2.75, 3.05) is 0 Å². The van der Waals surface area contributed by atoms with Crippen LogP contribution < -0.4 is 10.5 Å². The van der Waals surface area contributed by atoms with Crippen LogP contribution in [-0.4, -0.2) is 9.55 Å². The van der Waals surface area contributed by atoms with Crippen molar-refractivity contribution in [3.63, 3.8) is 0 Å². The molecule has 0 unspecified atom stereocenters. The van der Waals surface area contributed by atoms with Crippen LogP contribution in [-0.2, 0) is 6.61 Å². The van der Waals surface area contributed by atoms with Crippen molar-refractivity contribution < 1.29 is 4.74 Å². The molecule has 2 N–H and O–H groups in total. The number of rotatable bonds is 5. The van der Waals surface area contributed by atoms with Crippen LogP contribution in [0.3, 0.4) is 0 Å².